The number of hydrogen-bond acceptors (Lipinski definition) is 4. The predicted octanol–water partition coefficient (Wildman–Crippen LogP) is 6.34. The molecule has 1 heterocycles. The van der Waals surface area contributed by atoms with Crippen molar-refractivity contribution in [1.29, 1.82) is 0 Å². The van der Waals surface area contributed by atoms with Crippen molar-refractivity contribution in [3.8, 4) is 11.3 Å². The second-order valence-electron chi connectivity index (χ2n) is 8.58. The fourth-order valence-electron chi connectivity index (χ4n) is 4.29. The minimum atomic E-state index is -3.71. The highest BCUT2D eigenvalue weighted by molar-refractivity contribution is 9.10. The highest BCUT2D eigenvalue weighted by Gasteiger charge is 2.33. The molecule has 180 valence electrons. The molecule has 1 aliphatic rings. The van der Waals surface area contributed by atoms with Crippen molar-refractivity contribution in [2.75, 3.05) is 17.6 Å². The number of carbonyl (C=O) groups is 1. The third kappa shape index (κ3) is 4.46. The van der Waals surface area contributed by atoms with Crippen LogP contribution in [0.2, 0.25) is 0 Å². The van der Waals surface area contributed by atoms with Gasteiger partial charge in [0.25, 0.3) is 5.91 Å². The summed E-state index contributed by atoms with van der Waals surface area (Å²) in [7, 11) is -2.17. The number of nitrogens with zero attached hydrogens (tertiary/aromatic N) is 1. The summed E-state index contributed by atoms with van der Waals surface area (Å²) in [6.07, 6.45) is 3.01. The number of halogens is 2. The molecule has 9 heteroatoms. The Balaban J connectivity index is 1.79. The van der Waals surface area contributed by atoms with Crippen LogP contribution in [0.1, 0.15) is 34.7 Å². The maximum Gasteiger partial charge on any atom is 0.255 e. The molecule has 1 aromatic heterocycles. The van der Waals surface area contributed by atoms with Crippen LogP contribution in [0.5, 0.6) is 0 Å². The topological polar surface area (TPSA) is 79.6 Å². The van der Waals surface area contributed by atoms with Crippen molar-refractivity contribution >= 4 is 54.2 Å². The van der Waals surface area contributed by atoms with Crippen LogP contribution < -0.4 is 9.62 Å². The Morgan fingerprint density at radius 1 is 1.09 bits per heavy atom. The summed E-state index contributed by atoms with van der Waals surface area (Å²) >= 11 is 3.39. The first-order chi connectivity index (χ1) is 16.7. The van der Waals surface area contributed by atoms with Gasteiger partial charge in [0.2, 0.25) is 10.0 Å². The van der Waals surface area contributed by atoms with Gasteiger partial charge in [0.15, 0.2) is 0 Å². The average molecular weight is 557 g/mol. The Labute approximate surface area is 210 Å². The van der Waals surface area contributed by atoms with Gasteiger partial charge in [0.05, 0.1) is 23.2 Å². The van der Waals surface area contributed by atoms with Crippen LogP contribution in [0.25, 0.3) is 22.3 Å². The normalized spacial score (nSPS) is 13.7. The summed E-state index contributed by atoms with van der Waals surface area (Å²) in [5, 5.41) is 3.24. The van der Waals surface area contributed by atoms with Gasteiger partial charge in [-0.3, -0.25) is 4.79 Å². The van der Waals surface area contributed by atoms with Gasteiger partial charge in [-0.25, -0.2) is 17.1 Å². The van der Waals surface area contributed by atoms with Crippen LogP contribution in [-0.2, 0) is 10.0 Å². The predicted molar refractivity (Wildman–Crippen MR) is 138 cm³/mol. The summed E-state index contributed by atoms with van der Waals surface area (Å²) in [5.74, 6) is -0.267. The van der Waals surface area contributed by atoms with Gasteiger partial charge in [-0.2, -0.15) is 0 Å². The highest BCUT2D eigenvalue weighted by atomic mass is 79.9. The van der Waals surface area contributed by atoms with Gasteiger partial charge in [0.1, 0.15) is 17.2 Å². The number of amides is 1. The second-order valence-corrected chi connectivity index (χ2v) is 11.3. The van der Waals surface area contributed by atoms with Crippen molar-refractivity contribution in [1.82, 2.24) is 5.32 Å². The van der Waals surface area contributed by atoms with Crippen LogP contribution in [0, 0.1) is 5.82 Å². The average Bonchev–Trinajstić information content (AvgIpc) is 3.60. The quantitative estimate of drug-likeness (QED) is 0.300. The lowest BCUT2D eigenvalue weighted by molar-refractivity contribution is 0.0964. The monoisotopic (exact) mass is 556 g/mol. The van der Waals surface area contributed by atoms with E-state index in [1.807, 2.05) is 6.07 Å². The van der Waals surface area contributed by atoms with E-state index in [-0.39, 0.29) is 11.8 Å². The number of rotatable bonds is 6. The van der Waals surface area contributed by atoms with Gasteiger partial charge in [-0.1, -0.05) is 15.9 Å². The first-order valence-corrected chi connectivity index (χ1v) is 13.7. The summed E-state index contributed by atoms with van der Waals surface area (Å²) in [6, 6.07) is 16.3. The minimum Gasteiger partial charge on any atom is -0.455 e. The Hall–Kier alpha value is -3.17. The van der Waals surface area contributed by atoms with E-state index in [0.717, 1.165) is 29.1 Å². The number of nitrogens with one attached hydrogen (secondary N) is 1. The summed E-state index contributed by atoms with van der Waals surface area (Å²) in [6.45, 7) is 0. The lowest BCUT2D eigenvalue weighted by Crippen LogP contribution is -2.25. The molecule has 1 fully saturated rings. The standard InChI is InChI=1S/C26H22BrFN2O4S/c1-29-26(31)24-21-13-20(15-3-4-15)22(30(35(2,32)33)19-11-7-17(27)8-12-19)14-23(21)34-25(24)16-5-9-18(28)10-6-16/h5-15H,3-4H2,1-2H3,(H,29,31). The molecule has 0 saturated heterocycles. The maximum absolute atomic E-state index is 13.5. The third-order valence-corrected chi connectivity index (χ3v) is 7.63. The van der Waals surface area contributed by atoms with E-state index in [1.165, 1.54) is 23.5 Å². The van der Waals surface area contributed by atoms with Gasteiger partial charge in [0, 0.05) is 28.5 Å². The first-order valence-electron chi connectivity index (χ1n) is 11.0. The SMILES string of the molecule is CNC(=O)c1c(-c2ccc(F)cc2)oc2cc(N(c3ccc(Br)cc3)S(C)(=O)=O)c(C3CC3)cc12. The zero-order valence-corrected chi connectivity index (χ0v) is 21.4. The molecule has 1 N–H and O–H groups in total. The van der Waals surface area contributed by atoms with Gasteiger partial charge in [-0.15, -0.1) is 0 Å². The number of furan rings is 1. The fraction of sp³-hybridized carbons (Fsp3) is 0.192. The Kier molecular flexibility index (Phi) is 5.93. The van der Waals surface area contributed by atoms with Crippen molar-refractivity contribution in [2.45, 2.75) is 18.8 Å². The molecule has 3 aromatic carbocycles. The van der Waals surface area contributed by atoms with Crippen LogP contribution in [0.4, 0.5) is 15.8 Å². The van der Waals surface area contributed by atoms with Gasteiger partial charge < -0.3 is 9.73 Å². The summed E-state index contributed by atoms with van der Waals surface area (Å²) in [4.78, 5) is 12.9. The molecule has 0 atom stereocenters. The smallest absolute Gasteiger partial charge is 0.255 e. The zero-order chi connectivity index (χ0) is 24.9. The van der Waals surface area contributed by atoms with Crippen molar-refractivity contribution in [3.05, 3.63) is 82.1 Å². The molecule has 1 aliphatic carbocycles. The molecule has 0 spiro atoms. The van der Waals surface area contributed by atoms with Crippen molar-refractivity contribution < 1.29 is 22.0 Å². The molecule has 5 rings (SSSR count). The van der Waals surface area contributed by atoms with E-state index in [0.29, 0.717) is 39.2 Å². The van der Waals surface area contributed by atoms with E-state index < -0.39 is 15.8 Å². The number of anilines is 2. The van der Waals surface area contributed by atoms with Crippen LogP contribution in [-0.4, -0.2) is 27.6 Å². The van der Waals surface area contributed by atoms with Crippen LogP contribution >= 0.6 is 15.9 Å². The van der Waals surface area contributed by atoms with E-state index in [4.69, 9.17) is 4.42 Å². The molecule has 1 saturated carbocycles. The third-order valence-electron chi connectivity index (χ3n) is 6.03. The lowest BCUT2D eigenvalue weighted by Gasteiger charge is -2.25. The molecule has 6 nitrogen and oxygen atoms in total. The lowest BCUT2D eigenvalue weighted by atomic mass is 10.00. The van der Waals surface area contributed by atoms with Crippen LogP contribution in [0.3, 0.4) is 0 Å². The first kappa shape index (κ1) is 23.6. The van der Waals surface area contributed by atoms with Gasteiger partial charge >= 0.3 is 0 Å². The maximum atomic E-state index is 13.5. The number of hydrogen-bond donors (Lipinski definition) is 1. The fourth-order valence-corrected chi connectivity index (χ4v) is 5.57. The highest BCUT2D eigenvalue weighted by Crippen LogP contribution is 2.49. The van der Waals surface area contributed by atoms with E-state index in [9.17, 15) is 17.6 Å². The molecular weight excluding hydrogens is 535 g/mol. The Bertz CT molecular complexity index is 1540. The summed E-state index contributed by atoms with van der Waals surface area (Å²) < 4.78 is 47.9. The number of carbonyl (C=O) groups excluding carboxylic acids is 1. The van der Waals surface area contributed by atoms with E-state index in [2.05, 4.69) is 21.2 Å². The van der Waals surface area contributed by atoms with Crippen LogP contribution in [0.15, 0.2) is 69.6 Å². The largest absolute Gasteiger partial charge is 0.455 e. The number of sulfonamides is 1. The molecule has 1 amide bonds. The van der Waals surface area contributed by atoms with E-state index in [1.54, 1.807) is 42.5 Å². The molecule has 4 aromatic rings. The van der Waals surface area contributed by atoms with Crippen molar-refractivity contribution in [2.24, 2.45) is 0 Å². The molecule has 0 unspecified atom stereocenters. The molecular formula is C26H22BrFN2O4S. The summed E-state index contributed by atoms with van der Waals surface area (Å²) in [5.41, 5.74) is 3.07. The molecule has 0 radical (unpaired) electrons. The Morgan fingerprint density at radius 2 is 1.74 bits per heavy atom. The second kappa shape index (κ2) is 8.80. The molecule has 0 aliphatic heterocycles. The minimum absolute atomic E-state index is 0.177. The molecule has 0 bridgehead atoms. The number of benzene rings is 3. The zero-order valence-electron chi connectivity index (χ0n) is 19.0. The van der Waals surface area contributed by atoms with Crippen molar-refractivity contribution in [3.63, 3.8) is 0 Å². The van der Waals surface area contributed by atoms with Gasteiger partial charge in [-0.05, 0) is 78.9 Å². The molecule has 35 heavy (non-hydrogen) atoms. The van der Waals surface area contributed by atoms with E-state index >= 15 is 0 Å². The number of fused-ring (bicyclic) bond motifs is 1. The Morgan fingerprint density at radius 3 is 2.31 bits per heavy atom.